The molecule has 1 fully saturated rings. The van der Waals surface area contributed by atoms with Gasteiger partial charge in [0.1, 0.15) is 0 Å². The number of piperidine rings is 1. The lowest BCUT2D eigenvalue weighted by Crippen LogP contribution is -2.54. The number of carboxylic acids is 1. The normalized spacial score (nSPS) is 21.6. The van der Waals surface area contributed by atoms with E-state index >= 15 is 0 Å². The van der Waals surface area contributed by atoms with Crippen molar-refractivity contribution in [1.29, 1.82) is 0 Å². The molecule has 0 radical (unpaired) electrons. The van der Waals surface area contributed by atoms with Gasteiger partial charge >= 0.3 is 5.97 Å². The van der Waals surface area contributed by atoms with Crippen molar-refractivity contribution in [2.24, 2.45) is 0 Å². The van der Waals surface area contributed by atoms with Gasteiger partial charge in [-0.3, -0.25) is 9.69 Å². The molecule has 0 amide bonds. The van der Waals surface area contributed by atoms with Crippen LogP contribution >= 0.6 is 0 Å². The first-order valence-corrected chi connectivity index (χ1v) is 6.10. The van der Waals surface area contributed by atoms with Gasteiger partial charge in [-0.2, -0.15) is 0 Å². The second-order valence-electron chi connectivity index (χ2n) is 4.63. The van der Waals surface area contributed by atoms with Crippen LogP contribution in [0.5, 0.6) is 0 Å². The van der Waals surface area contributed by atoms with Crippen molar-refractivity contribution in [3.63, 3.8) is 0 Å². The minimum absolute atomic E-state index is 0.178. The molecule has 1 rings (SSSR count). The largest absolute Gasteiger partial charge is 0.481 e. The molecule has 0 aliphatic carbocycles. The topological polar surface area (TPSA) is 49.8 Å². The van der Waals surface area contributed by atoms with E-state index in [1.54, 1.807) is 7.11 Å². The number of rotatable bonds is 6. The number of methoxy groups -OCH3 is 1. The van der Waals surface area contributed by atoms with Crippen LogP contribution in [0.25, 0.3) is 0 Å². The molecule has 0 aromatic rings. The third-order valence-electron chi connectivity index (χ3n) is 3.58. The van der Waals surface area contributed by atoms with Gasteiger partial charge < -0.3 is 9.84 Å². The predicted octanol–water partition coefficient (Wildman–Crippen LogP) is 1.74. The molecular formula is C12H23NO3. The van der Waals surface area contributed by atoms with Gasteiger partial charge in [-0.1, -0.05) is 13.3 Å². The Bertz CT molecular complexity index is 226. The maximum absolute atomic E-state index is 11.0. The highest BCUT2D eigenvalue weighted by Crippen LogP contribution is 2.28. The first-order chi connectivity index (χ1) is 7.64. The van der Waals surface area contributed by atoms with Gasteiger partial charge in [-0.25, -0.2) is 0 Å². The molecule has 1 unspecified atom stereocenters. The summed E-state index contributed by atoms with van der Waals surface area (Å²) < 4.78 is 5.25. The summed E-state index contributed by atoms with van der Waals surface area (Å²) >= 11 is 0. The summed E-state index contributed by atoms with van der Waals surface area (Å²) in [4.78, 5) is 13.3. The summed E-state index contributed by atoms with van der Waals surface area (Å²) in [6, 6.07) is 0. The Kier molecular flexibility index (Phi) is 5.22. The lowest BCUT2D eigenvalue weighted by atomic mass is 9.88. The molecule has 94 valence electrons. The molecule has 0 spiro atoms. The molecule has 0 saturated carbocycles. The average molecular weight is 229 g/mol. The Morgan fingerprint density at radius 1 is 1.38 bits per heavy atom. The molecule has 4 nitrogen and oxygen atoms in total. The maximum Gasteiger partial charge on any atom is 0.305 e. The maximum atomic E-state index is 11.0. The molecule has 1 aliphatic heterocycles. The fourth-order valence-corrected chi connectivity index (χ4v) is 2.62. The number of likely N-dealkylation sites (tertiary alicyclic amines) is 1. The van der Waals surface area contributed by atoms with E-state index in [0.29, 0.717) is 6.61 Å². The molecule has 0 bridgehead atoms. The fraction of sp³-hybridized carbons (Fsp3) is 0.917. The molecule has 1 atom stereocenters. The van der Waals surface area contributed by atoms with Crippen LogP contribution in [-0.4, -0.2) is 48.3 Å². The van der Waals surface area contributed by atoms with Crippen LogP contribution in [0.1, 0.15) is 39.0 Å². The van der Waals surface area contributed by atoms with Crippen LogP contribution in [0.4, 0.5) is 0 Å². The third-order valence-corrected chi connectivity index (χ3v) is 3.58. The van der Waals surface area contributed by atoms with Crippen molar-refractivity contribution in [2.75, 3.05) is 26.8 Å². The number of aliphatic carboxylic acids is 1. The minimum atomic E-state index is -0.732. The standard InChI is InChI=1S/C12H23NO3/c1-3-12(10-16-2,9-11(14)15)13-7-5-4-6-8-13/h3-10H2,1-2H3,(H,14,15). The molecule has 1 aliphatic rings. The zero-order valence-electron chi connectivity index (χ0n) is 10.4. The number of ether oxygens (including phenoxy) is 1. The summed E-state index contributed by atoms with van der Waals surface area (Å²) in [7, 11) is 1.65. The molecular weight excluding hydrogens is 206 g/mol. The van der Waals surface area contributed by atoms with Crippen molar-refractivity contribution < 1.29 is 14.6 Å². The molecule has 1 N–H and O–H groups in total. The Labute approximate surface area is 97.6 Å². The molecule has 0 aromatic heterocycles. The summed E-state index contributed by atoms with van der Waals surface area (Å²) in [5, 5.41) is 9.06. The van der Waals surface area contributed by atoms with Crippen LogP contribution < -0.4 is 0 Å². The Morgan fingerprint density at radius 3 is 2.44 bits per heavy atom. The number of carboxylic acid groups (broad SMARTS) is 1. The third kappa shape index (κ3) is 3.19. The molecule has 4 heteroatoms. The van der Waals surface area contributed by atoms with Gasteiger partial charge in [-0.05, 0) is 32.4 Å². The second kappa shape index (κ2) is 6.21. The average Bonchev–Trinajstić information content (AvgIpc) is 2.29. The van der Waals surface area contributed by atoms with Crippen LogP contribution in [0, 0.1) is 0 Å². The van der Waals surface area contributed by atoms with E-state index < -0.39 is 5.97 Å². The molecule has 1 heterocycles. The van der Waals surface area contributed by atoms with Gasteiger partial charge in [0, 0.05) is 7.11 Å². The predicted molar refractivity (Wildman–Crippen MR) is 62.6 cm³/mol. The Morgan fingerprint density at radius 2 is 2.00 bits per heavy atom. The van der Waals surface area contributed by atoms with E-state index in [-0.39, 0.29) is 12.0 Å². The monoisotopic (exact) mass is 229 g/mol. The van der Waals surface area contributed by atoms with E-state index in [2.05, 4.69) is 11.8 Å². The number of hydrogen-bond acceptors (Lipinski definition) is 3. The van der Waals surface area contributed by atoms with Gasteiger partial charge in [0.2, 0.25) is 0 Å². The number of nitrogens with zero attached hydrogens (tertiary/aromatic N) is 1. The lowest BCUT2D eigenvalue weighted by Gasteiger charge is -2.44. The Balaban J connectivity index is 2.76. The molecule has 16 heavy (non-hydrogen) atoms. The highest BCUT2D eigenvalue weighted by atomic mass is 16.5. The van der Waals surface area contributed by atoms with Crippen LogP contribution in [-0.2, 0) is 9.53 Å². The highest BCUT2D eigenvalue weighted by Gasteiger charge is 2.37. The number of carbonyl (C=O) groups is 1. The van der Waals surface area contributed by atoms with Gasteiger partial charge in [0.15, 0.2) is 0 Å². The first kappa shape index (κ1) is 13.5. The second-order valence-corrected chi connectivity index (χ2v) is 4.63. The summed E-state index contributed by atoms with van der Waals surface area (Å²) in [5.41, 5.74) is -0.305. The van der Waals surface area contributed by atoms with Gasteiger partial charge in [0.25, 0.3) is 0 Å². The van der Waals surface area contributed by atoms with Crippen LogP contribution in [0.3, 0.4) is 0 Å². The zero-order valence-corrected chi connectivity index (χ0v) is 10.4. The molecule has 1 saturated heterocycles. The van der Waals surface area contributed by atoms with E-state index in [1.807, 2.05) is 0 Å². The van der Waals surface area contributed by atoms with Crippen molar-refractivity contribution in [3.05, 3.63) is 0 Å². The number of hydrogen-bond donors (Lipinski definition) is 1. The van der Waals surface area contributed by atoms with Gasteiger partial charge in [0.05, 0.1) is 18.6 Å². The molecule has 0 aromatic carbocycles. The van der Waals surface area contributed by atoms with Gasteiger partial charge in [-0.15, -0.1) is 0 Å². The van der Waals surface area contributed by atoms with E-state index in [1.165, 1.54) is 19.3 Å². The smallest absolute Gasteiger partial charge is 0.305 e. The van der Waals surface area contributed by atoms with Crippen molar-refractivity contribution in [1.82, 2.24) is 4.90 Å². The highest BCUT2D eigenvalue weighted by molar-refractivity contribution is 5.68. The fourth-order valence-electron chi connectivity index (χ4n) is 2.62. The lowest BCUT2D eigenvalue weighted by molar-refractivity contribution is -0.142. The minimum Gasteiger partial charge on any atom is -0.481 e. The summed E-state index contributed by atoms with van der Waals surface area (Å²) in [6.07, 6.45) is 4.61. The van der Waals surface area contributed by atoms with Crippen LogP contribution in [0.15, 0.2) is 0 Å². The quantitative estimate of drug-likeness (QED) is 0.753. The van der Waals surface area contributed by atoms with E-state index in [4.69, 9.17) is 9.84 Å². The summed E-state index contributed by atoms with van der Waals surface area (Å²) in [5.74, 6) is -0.732. The van der Waals surface area contributed by atoms with Crippen molar-refractivity contribution in [3.8, 4) is 0 Å². The Hall–Kier alpha value is -0.610. The van der Waals surface area contributed by atoms with E-state index in [9.17, 15) is 4.79 Å². The van der Waals surface area contributed by atoms with Crippen molar-refractivity contribution >= 4 is 5.97 Å². The van der Waals surface area contributed by atoms with Crippen molar-refractivity contribution in [2.45, 2.75) is 44.6 Å². The summed E-state index contributed by atoms with van der Waals surface area (Å²) in [6.45, 7) is 4.57. The zero-order chi connectivity index (χ0) is 12.0. The van der Waals surface area contributed by atoms with E-state index in [0.717, 1.165) is 19.5 Å². The van der Waals surface area contributed by atoms with Crippen LogP contribution in [0.2, 0.25) is 0 Å². The SMILES string of the molecule is CCC(COC)(CC(=O)O)N1CCCCC1. The first-order valence-electron chi connectivity index (χ1n) is 6.10.